The third-order valence-corrected chi connectivity index (χ3v) is 6.03. The summed E-state index contributed by atoms with van der Waals surface area (Å²) in [6.07, 6.45) is 1.67. The number of rotatable bonds is 10. The molecule has 12 heteroatoms. The molecule has 3 atom stereocenters. The van der Waals surface area contributed by atoms with E-state index < -0.39 is 12.1 Å². The topological polar surface area (TPSA) is 134 Å². The number of hydrogen-bond donors (Lipinski definition) is 5. The Morgan fingerprint density at radius 2 is 1.86 bits per heavy atom. The van der Waals surface area contributed by atoms with Crippen LogP contribution in [0.5, 0.6) is 0 Å². The SMILES string of the molecule is NCCCCCNC(=O)CCCCC1SCC2NC(=O)NC21.O=C(O)C(F)(F)F. The van der Waals surface area contributed by atoms with E-state index >= 15 is 0 Å². The Morgan fingerprint density at radius 1 is 1.17 bits per heavy atom. The maximum Gasteiger partial charge on any atom is 0.490 e. The number of nitrogens with two attached hydrogens (primary N) is 1. The van der Waals surface area contributed by atoms with Gasteiger partial charge in [0.25, 0.3) is 0 Å². The minimum absolute atomic E-state index is 0.0330. The standard InChI is InChI=1S/C15H28N4O2S.C2HF3O2/c16-8-4-1-5-9-17-13(20)7-3-2-6-12-14-11(10-22-12)18-15(21)19-14;3-2(4,5)1(6)7/h11-12,14H,1-10,16H2,(H,17,20)(H2,18,19,21);(H,6,7). The summed E-state index contributed by atoms with van der Waals surface area (Å²) >= 11 is 1.93. The molecule has 0 aromatic rings. The maximum atomic E-state index is 11.7. The molecular weight excluding hydrogens is 413 g/mol. The summed E-state index contributed by atoms with van der Waals surface area (Å²) in [6.45, 7) is 1.49. The monoisotopic (exact) mass is 442 g/mol. The van der Waals surface area contributed by atoms with Crippen molar-refractivity contribution in [3.8, 4) is 0 Å². The molecule has 2 rings (SSSR count). The second-order valence-corrected chi connectivity index (χ2v) is 8.14. The number of unbranched alkanes of at least 4 members (excludes halogenated alkanes) is 3. The van der Waals surface area contributed by atoms with Crippen molar-refractivity contribution in [3.05, 3.63) is 0 Å². The summed E-state index contributed by atoms with van der Waals surface area (Å²) in [4.78, 5) is 31.9. The fourth-order valence-corrected chi connectivity index (χ4v) is 4.58. The number of carbonyl (C=O) groups excluding carboxylic acids is 2. The largest absolute Gasteiger partial charge is 0.490 e. The molecule has 3 amide bonds. The van der Waals surface area contributed by atoms with E-state index in [0.29, 0.717) is 17.7 Å². The van der Waals surface area contributed by atoms with Crippen LogP contribution in [-0.4, -0.2) is 65.4 Å². The summed E-state index contributed by atoms with van der Waals surface area (Å²) in [7, 11) is 0. The lowest BCUT2D eigenvalue weighted by Gasteiger charge is -2.16. The number of carboxylic acids is 1. The van der Waals surface area contributed by atoms with Crippen LogP contribution >= 0.6 is 11.8 Å². The summed E-state index contributed by atoms with van der Waals surface area (Å²) < 4.78 is 31.7. The molecule has 8 nitrogen and oxygen atoms in total. The third-order valence-electron chi connectivity index (χ3n) is 4.53. The Kier molecular flexibility index (Phi) is 11.2. The molecule has 0 bridgehead atoms. The molecule has 0 aromatic heterocycles. The summed E-state index contributed by atoms with van der Waals surface area (Å²) in [5, 5.41) is 16.5. The first-order valence-electron chi connectivity index (χ1n) is 9.60. The minimum Gasteiger partial charge on any atom is -0.475 e. The fraction of sp³-hybridized carbons (Fsp3) is 0.824. The van der Waals surface area contributed by atoms with Gasteiger partial charge in [0.1, 0.15) is 0 Å². The molecule has 0 aromatic carbocycles. The van der Waals surface area contributed by atoms with Crippen LogP contribution in [0.15, 0.2) is 0 Å². The van der Waals surface area contributed by atoms with Crippen LogP contribution in [-0.2, 0) is 9.59 Å². The molecule has 2 fully saturated rings. The molecule has 2 aliphatic heterocycles. The van der Waals surface area contributed by atoms with E-state index in [4.69, 9.17) is 15.6 Å². The van der Waals surface area contributed by atoms with Crippen LogP contribution in [0, 0.1) is 0 Å². The molecular formula is C17H29F3N4O4S. The highest BCUT2D eigenvalue weighted by molar-refractivity contribution is 8.00. The molecule has 0 radical (unpaired) electrons. The van der Waals surface area contributed by atoms with Crippen LogP contribution in [0.1, 0.15) is 44.9 Å². The van der Waals surface area contributed by atoms with Gasteiger partial charge >= 0.3 is 18.2 Å². The van der Waals surface area contributed by atoms with E-state index in [1.165, 1.54) is 0 Å². The summed E-state index contributed by atoms with van der Waals surface area (Å²) in [5.41, 5.74) is 5.43. The average Bonchev–Trinajstić information content (AvgIpc) is 3.17. The Labute approximate surface area is 171 Å². The van der Waals surface area contributed by atoms with E-state index in [1.807, 2.05) is 11.8 Å². The zero-order chi connectivity index (χ0) is 21.9. The van der Waals surface area contributed by atoms with Gasteiger partial charge in [0, 0.05) is 24.0 Å². The molecule has 0 saturated carbocycles. The van der Waals surface area contributed by atoms with Crippen molar-refractivity contribution in [1.29, 1.82) is 0 Å². The van der Waals surface area contributed by atoms with Gasteiger partial charge in [-0.1, -0.05) is 12.8 Å². The summed E-state index contributed by atoms with van der Waals surface area (Å²) in [5.74, 6) is -1.61. The van der Waals surface area contributed by atoms with E-state index in [1.54, 1.807) is 0 Å². The first-order chi connectivity index (χ1) is 13.6. The Balaban J connectivity index is 0.000000516. The first-order valence-corrected chi connectivity index (χ1v) is 10.7. The van der Waals surface area contributed by atoms with E-state index in [9.17, 15) is 22.8 Å². The smallest absolute Gasteiger partial charge is 0.475 e. The van der Waals surface area contributed by atoms with Crippen molar-refractivity contribution in [1.82, 2.24) is 16.0 Å². The number of hydrogen-bond acceptors (Lipinski definition) is 5. The van der Waals surface area contributed by atoms with E-state index in [2.05, 4.69) is 16.0 Å². The number of carbonyl (C=O) groups is 3. The van der Waals surface area contributed by atoms with Crippen LogP contribution in [0.2, 0.25) is 0 Å². The Hall–Kier alpha value is -1.69. The van der Waals surface area contributed by atoms with Crippen LogP contribution in [0.25, 0.3) is 0 Å². The highest BCUT2D eigenvalue weighted by atomic mass is 32.2. The zero-order valence-corrected chi connectivity index (χ0v) is 16.9. The maximum absolute atomic E-state index is 11.7. The Bertz CT molecular complexity index is 551. The summed E-state index contributed by atoms with van der Waals surface area (Å²) in [6, 6.07) is 0.530. The van der Waals surface area contributed by atoms with Gasteiger partial charge in [0.05, 0.1) is 12.1 Å². The molecule has 29 heavy (non-hydrogen) atoms. The second-order valence-electron chi connectivity index (χ2n) is 6.87. The van der Waals surface area contributed by atoms with Crippen molar-refractivity contribution < 1.29 is 32.7 Å². The normalized spacial score (nSPS) is 22.8. The van der Waals surface area contributed by atoms with Gasteiger partial charge in [-0.05, 0) is 32.2 Å². The van der Waals surface area contributed by atoms with Crippen molar-refractivity contribution >= 4 is 29.7 Å². The number of amides is 3. The number of nitrogens with one attached hydrogen (secondary N) is 3. The molecule has 0 aliphatic carbocycles. The van der Waals surface area contributed by atoms with Crippen molar-refractivity contribution in [2.24, 2.45) is 5.73 Å². The van der Waals surface area contributed by atoms with Gasteiger partial charge in [-0.3, -0.25) is 4.79 Å². The lowest BCUT2D eigenvalue weighted by Crippen LogP contribution is -2.36. The number of fused-ring (bicyclic) bond motifs is 1. The predicted octanol–water partition coefficient (Wildman–Crippen LogP) is 1.59. The van der Waals surface area contributed by atoms with Gasteiger partial charge in [0.15, 0.2) is 0 Å². The fourth-order valence-electron chi connectivity index (χ4n) is 3.04. The molecule has 6 N–H and O–H groups in total. The van der Waals surface area contributed by atoms with Crippen LogP contribution < -0.4 is 21.7 Å². The predicted molar refractivity (Wildman–Crippen MR) is 104 cm³/mol. The number of aliphatic carboxylic acids is 1. The van der Waals surface area contributed by atoms with Crippen molar-refractivity contribution in [3.63, 3.8) is 0 Å². The molecule has 2 aliphatic rings. The van der Waals surface area contributed by atoms with Gasteiger partial charge in [-0.25, -0.2) is 9.59 Å². The molecule has 2 saturated heterocycles. The highest BCUT2D eigenvalue weighted by Crippen LogP contribution is 2.33. The number of halogens is 3. The van der Waals surface area contributed by atoms with Crippen LogP contribution in [0.4, 0.5) is 18.0 Å². The average molecular weight is 443 g/mol. The highest BCUT2D eigenvalue weighted by Gasteiger charge is 2.42. The number of alkyl halides is 3. The van der Waals surface area contributed by atoms with E-state index in [-0.39, 0.29) is 18.0 Å². The third kappa shape index (κ3) is 10.1. The van der Waals surface area contributed by atoms with Gasteiger partial charge in [-0.15, -0.1) is 0 Å². The molecule has 0 spiro atoms. The number of thioether (sulfide) groups is 1. The number of carboxylic acid groups (broad SMARTS) is 1. The molecule has 2 heterocycles. The lowest BCUT2D eigenvalue weighted by molar-refractivity contribution is -0.192. The van der Waals surface area contributed by atoms with Crippen molar-refractivity contribution in [2.45, 2.75) is 68.5 Å². The van der Waals surface area contributed by atoms with Gasteiger partial charge < -0.3 is 26.8 Å². The van der Waals surface area contributed by atoms with E-state index in [0.717, 1.165) is 57.4 Å². The van der Waals surface area contributed by atoms with Gasteiger partial charge in [-0.2, -0.15) is 24.9 Å². The quantitative estimate of drug-likeness (QED) is 0.258. The second kappa shape index (κ2) is 12.8. The molecule has 3 unspecified atom stereocenters. The number of urea groups is 1. The zero-order valence-electron chi connectivity index (χ0n) is 16.1. The first kappa shape index (κ1) is 25.3. The van der Waals surface area contributed by atoms with Gasteiger partial charge in [0.2, 0.25) is 5.91 Å². The lowest BCUT2D eigenvalue weighted by atomic mass is 10.0. The minimum atomic E-state index is -5.08. The van der Waals surface area contributed by atoms with Crippen molar-refractivity contribution in [2.75, 3.05) is 18.8 Å². The molecule has 168 valence electrons. The van der Waals surface area contributed by atoms with Crippen LogP contribution in [0.3, 0.4) is 0 Å². The Morgan fingerprint density at radius 3 is 2.48 bits per heavy atom.